The van der Waals surface area contributed by atoms with Gasteiger partial charge in [-0.1, -0.05) is 11.6 Å². The average molecular weight is 288 g/mol. The maximum atomic E-state index is 11.9. The highest BCUT2D eigenvalue weighted by Crippen LogP contribution is 2.41. The van der Waals surface area contributed by atoms with E-state index in [1.807, 2.05) is 13.0 Å². The Labute approximate surface area is 114 Å². The van der Waals surface area contributed by atoms with Crippen LogP contribution >= 0.6 is 22.9 Å². The molecule has 0 bridgehead atoms. The van der Waals surface area contributed by atoms with Gasteiger partial charge in [-0.2, -0.15) is 0 Å². The van der Waals surface area contributed by atoms with Crippen molar-refractivity contribution in [1.29, 1.82) is 0 Å². The summed E-state index contributed by atoms with van der Waals surface area (Å²) in [6.45, 7) is 3.90. The Morgan fingerprint density at radius 1 is 1.67 bits per heavy atom. The molecule has 98 valence electrons. The number of carbonyl (C=O) groups is 2. The molecule has 0 aliphatic carbocycles. The summed E-state index contributed by atoms with van der Waals surface area (Å²) in [5.74, 6) is -0.984. The third-order valence-corrected chi connectivity index (χ3v) is 4.61. The first-order valence-corrected chi connectivity index (χ1v) is 6.90. The molecule has 0 saturated carbocycles. The number of nitrogens with one attached hydrogen (secondary N) is 1. The van der Waals surface area contributed by atoms with Crippen molar-refractivity contribution >= 4 is 34.8 Å². The van der Waals surface area contributed by atoms with E-state index in [2.05, 4.69) is 5.32 Å². The molecule has 2 heterocycles. The third kappa shape index (κ3) is 2.24. The van der Waals surface area contributed by atoms with Gasteiger partial charge < -0.3 is 10.1 Å². The van der Waals surface area contributed by atoms with E-state index in [1.165, 1.54) is 11.3 Å². The lowest BCUT2D eigenvalue weighted by Crippen LogP contribution is -2.42. The van der Waals surface area contributed by atoms with Crippen molar-refractivity contribution in [3.63, 3.8) is 0 Å². The zero-order chi connectivity index (χ0) is 13.3. The smallest absolute Gasteiger partial charge is 0.312 e. The number of hydrogen-bond acceptors (Lipinski definition) is 4. The van der Waals surface area contributed by atoms with Crippen LogP contribution in [0.25, 0.3) is 0 Å². The SMILES string of the molecule is CCOC(=O)[C@H]1CC(=O)N[C@]1(C)c1ccc(Cl)s1. The van der Waals surface area contributed by atoms with Crippen LogP contribution in [0.1, 0.15) is 25.1 Å². The summed E-state index contributed by atoms with van der Waals surface area (Å²) in [6.07, 6.45) is 0.158. The standard InChI is InChI=1S/C12H14ClNO3S/c1-3-17-11(16)7-6-10(15)14-12(7,2)8-4-5-9(13)18-8/h4-5,7H,3,6H2,1-2H3,(H,14,15)/t7-,12+/m1/s1. The molecule has 18 heavy (non-hydrogen) atoms. The van der Waals surface area contributed by atoms with Crippen molar-refractivity contribution in [2.24, 2.45) is 5.92 Å². The average Bonchev–Trinajstić information content (AvgIpc) is 2.84. The van der Waals surface area contributed by atoms with Gasteiger partial charge in [-0.05, 0) is 26.0 Å². The molecule has 1 amide bonds. The molecule has 4 nitrogen and oxygen atoms in total. The Kier molecular flexibility index (Phi) is 3.64. The molecule has 2 rings (SSSR count). The molecule has 0 aromatic carbocycles. The van der Waals surface area contributed by atoms with Gasteiger partial charge in [-0.25, -0.2) is 0 Å². The first kappa shape index (κ1) is 13.4. The highest BCUT2D eigenvalue weighted by molar-refractivity contribution is 7.16. The fourth-order valence-electron chi connectivity index (χ4n) is 2.21. The number of hydrogen-bond donors (Lipinski definition) is 1. The zero-order valence-electron chi connectivity index (χ0n) is 10.2. The lowest BCUT2D eigenvalue weighted by Gasteiger charge is -2.28. The predicted octanol–water partition coefficient (Wildman–Crippen LogP) is 2.32. The van der Waals surface area contributed by atoms with Crippen LogP contribution in [-0.4, -0.2) is 18.5 Å². The molecule has 1 aromatic rings. The van der Waals surface area contributed by atoms with E-state index in [0.717, 1.165) is 4.88 Å². The summed E-state index contributed by atoms with van der Waals surface area (Å²) >= 11 is 7.28. The molecule has 6 heteroatoms. The molecule has 1 N–H and O–H groups in total. The molecule has 1 saturated heterocycles. The van der Waals surface area contributed by atoms with Gasteiger partial charge in [-0.15, -0.1) is 11.3 Å². The Morgan fingerprint density at radius 3 is 2.94 bits per heavy atom. The molecule has 1 aliphatic rings. The van der Waals surface area contributed by atoms with Crippen LogP contribution in [0.2, 0.25) is 4.34 Å². The molecule has 0 radical (unpaired) electrons. The monoisotopic (exact) mass is 287 g/mol. The normalized spacial score (nSPS) is 27.1. The fourth-order valence-corrected chi connectivity index (χ4v) is 3.41. The topological polar surface area (TPSA) is 55.4 Å². The Morgan fingerprint density at radius 2 is 2.39 bits per heavy atom. The van der Waals surface area contributed by atoms with Crippen molar-refractivity contribution in [3.05, 3.63) is 21.3 Å². The van der Waals surface area contributed by atoms with E-state index in [1.54, 1.807) is 13.0 Å². The van der Waals surface area contributed by atoms with Gasteiger partial charge in [0.2, 0.25) is 5.91 Å². The minimum atomic E-state index is -0.721. The van der Waals surface area contributed by atoms with Crippen molar-refractivity contribution < 1.29 is 14.3 Å². The van der Waals surface area contributed by atoms with Gasteiger partial charge in [0.05, 0.1) is 22.4 Å². The first-order valence-electron chi connectivity index (χ1n) is 5.71. The largest absolute Gasteiger partial charge is 0.466 e. The lowest BCUT2D eigenvalue weighted by molar-refractivity contribution is -0.150. The van der Waals surface area contributed by atoms with Crippen LogP contribution in [0.5, 0.6) is 0 Å². The van der Waals surface area contributed by atoms with E-state index in [0.29, 0.717) is 10.9 Å². The number of rotatable bonds is 3. The molecule has 1 fully saturated rings. The number of ether oxygens (including phenoxy) is 1. The van der Waals surface area contributed by atoms with Crippen LogP contribution in [0.3, 0.4) is 0 Å². The summed E-state index contributed by atoms with van der Waals surface area (Å²) in [5.41, 5.74) is -0.721. The Hall–Kier alpha value is -1.07. The molecular formula is C12H14ClNO3S. The summed E-state index contributed by atoms with van der Waals surface area (Å²) in [6, 6.07) is 3.60. The summed E-state index contributed by atoms with van der Waals surface area (Å²) in [5, 5.41) is 2.86. The van der Waals surface area contributed by atoms with Crippen LogP contribution in [-0.2, 0) is 19.9 Å². The van der Waals surface area contributed by atoms with E-state index >= 15 is 0 Å². The minimum Gasteiger partial charge on any atom is -0.466 e. The van der Waals surface area contributed by atoms with Gasteiger partial charge in [-0.3, -0.25) is 9.59 Å². The predicted molar refractivity (Wildman–Crippen MR) is 69.6 cm³/mol. The summed E-state index contributed by atoms with van der Waals surface area (Å²) < 4.78 is 5.67. The van der Waals surface area contributed by atoms with Crippen molar-refractivity contribution in [2.75, 3.05) is 6.61 Å². The fraction of sp³-hybridized carbons (Fsp3) is 0.500. The highest BCUT2D eigenvalue weighted by atomic mass is 35.5. The van der Waals surface area contributed by atoms with Gasteiger partial charge in [0.15, 0.2) is 0 Å². The molecule has 0 spiro atoms. The number of thiophene rings is 1. The molecular weight excluding hydrogens is 274 g/mol. The van der Waals surface area contributed by atoms with Crippen LogP contribution in [0, 0.1) is 5.92 Å². The van der Waals surface area contributed by atoms with Gasteiger partial charge in [0.1, 0.15) is 0 Å². The van der Waals surface area contributed by atoms with Gasteiger partial charge in [0.25, 0.3) is 0 Å². The maximum absolute atomic E-state index is 11.9. The van der Waals surface area contributed by atoms with E-state index in [9.17, 15) is 9.59 Å². The zero-order valence-corrected chi connectivity index (χ0v) is 11.7. The van der Waals surface area contributed by atoms with E-state index < -0.39 is 11.5 Å². The molecule has 2 atom stereocenters. The van der Waals surface area contributed by atoms with Gasteiger partial charge >= 0.3 is 5.97 Å². The van der Waals surface area contributed by atoms with E-state index in [4.69, 9.17) is 16.3 Å². The Bertz CT molecular complexity index is 487. The molecule has 1 aliphatic heterocycles. The van der Waals surface area contributed by atoms with Crippen molar-refractivity contribution in [3.8, 4) is 0 Å². The first-order chi connectivity index (χ1) is 8.47. The quantitative estimate of drug-likeness (QED) is 0.868. The highest BCUT2D eigenvalue weighted by Gasteiger charge is 2.49. The summed E-state index contributed by atoms with van der Waals surface area (Å²) in [7, 11) is 0. The maximum Gasteiger partial charge on any atom is 0.312 e. The van der Waals surface area contributed by atoms with E-state index in [-0.39, 0.29) is 18.3 Å². The third-order valence-electron chi connectivity index (χ3n) is 3.14. The minimum absolute atomic E-state index is 0.139. The molecule has 1 aromatic heterocycles. The van der Waals surface area contributed by atoms with Crippen molar-refractivity contribution in [1.82, 2.24) is 5.32 Å². The lowest BCUT2D eigenvalue weighted by atomic mass is 9.86. The number of halogens is 1. The number of esters is 1. The second-order valence-corrected chi connectivity index (χ2v) is 6.08. The molecule has 0 unspecified atom stereocenters. The van der Waals surface area contributed by atoms with Crippen LogP contribution < -0.4 is 5.32 Å². The number of carbonyl (C=O) groups excluding carboxylic acids is 2. The van der Waals surface area contributed by atoms with Gasteiger partial charge in [0, 0.05) is 11.3 Å². The van der Waals surface area contributed by atoms with Crippen molar-refractivity contribution in [2.45, 2.75) is 25.8 Å². The van der Waals surface area contributed by atoms with Crippen LogP contribution in [0.4, 0.5) is 0 Å². The van der Waals surface area contributed by atoms with Crippen LogP contribution in [0.15, 0.2) is 12.1 Å². The second kappa shape index (κ2) is 4.90. The summed E-state index contributed by atoms with van der Waals surface area (Å²) in [4.78, 5) is 24.4. The Balaban J connectivity index is 2.33. The number of amides is 1. The second-order valence-electron chi connectivity index (χ2n) is 4.36.